The zero-order chi connectivity index (χ0) is 11.4. The Morgan fingerprint density at radius 2 is 2.25 bits per heavy atom. The maximum atomic E-state index is 6.29. The molecule has 0 bridgehead atoms. The van der Waals surface area contributed by atoms with Gasteiger partial charge in [0.2, 0.25) is 0 Å². The minimum atomic E-state index is 0.116. The molecular weight excluding hydrogens is 218 g/mol. The maximum Gasteiger partial charge on any atom is 0.0897 e. The Kier molecular flexibility index (Phi) is 3.95. The van der Waals surface area contributed by atoms with Gasteiger partial charge in [-0.1, -0.05) is 12.8 Å². The first-order valence-electron chi connectivity index (χ1n) is 6.09. The van der Waals surface area contributed by atoms with E-state index in [1.54, 1.807) is 11.3 Å². The van der Waals surface area contributed by atoms with Crippen molar-refractivity contribution in [1.82, 2.24) is 10.3 Å². The Labute approximate surface area is 101 Å². The molecule has 0 amide bonds. The highest BCUT2D eigenvalue weighted by molar-refractivity contribution is 7.09. The third kappa shape index (κ3) is 3.27. The van der Waals surface area contributed by atoms with Gasteiger partial charge in [-0.25, -0.2) is 4.98 Å². The molecule has 0 saturated heterocycles. The number of aromatic nitrogens is 1. The van der Waals surface area contributed by atoms with Crippen LogP contribution in [-0.4, -0.2) is 17.1 Å². The van der Waals surface area contributed by atoms with Crippen molar-refractivity contribution in [2.45, 2.75) is 51.1 Å². The summed E-state index contributed by atoms with van der Waals surface area (Å²) in [6.07, 6.45) is 6.11. The molecule has 1 saturated carbocycles. The molecule has 90 valence electrons. The van der Waals surface area contributed by atoms with E-state index in [1.165, 1.54) is 25.7 Å². The van der Waals surface area contributed by atoms with Crippen molar-refractivity contribution in [2.24, 2.45) is 5.73 Å². The molecule has 0 unspecified atom stereocenters. The van der Waals surface area contributed by atoms with Crippen LogP contribution >= 0.6 is 11.3 Å². The summed E-state index contributed by atoms with van der Waals surface area (Å²) in [6.45, 7) is 3.93. The van der Waals surface area contributed by atoms with Crippen molar-refractivity contribution in [1.29, 1.82) is 0 Å². The number of aryl methyl sites for hydroxylation is 1. The lowest BCUT2D eigenvalue weighted by molar-refractivity contribution is 0.393. The Hall–Kier alpha value is -0.450. The van der Waals surface area contributed by atoms with Crippen LogP contribution in [0.5, 0.6) is 0 Å². The molecule has 1 aliphatic rings. The zero-order valence-electron chi connectivity index (χ0n) is 9.96. The minimum absolute atomic E-state index is 0.116. The Morgan fingerprint density at radius 3 is 2.88 bits per heavy atom. The zero-order valence-corrected chi connectivity index (χ0v) is 10.8. The van der Waals surface area contributed by atoms with Gasteiger partial charge in [0.15, 0.2) is 0 Å². The molecular formula is C12H21N3S. The summed E-state index contributed by atoms with van der Waals surface area (Å²) >= 11 is 1.71. The first kappa shape index (κ1) is 12.0. The average molecular weight is 239 g/mol. The smallest absolute Gasteiger partial charge is 0.0897 e. The van der Waals surface area contributed by atoms with Crippen molar-refractivity contribution >= 4 is 11.3 Å². The highest BCUT2D eigenvalue weighted by Crippen LogP contribution is 2.29. The Bertz CT molecular complexity index is 329. The van der Waals surface area contributed by atoms with Gasteiger partial charge in [-0.2, -0.15) is 0 Å². The fourth-order valence-corrected chi connectivity index (χ4v) is 2.98. The summed E-state index contributed by atoms with van der Waals surface area (Å²) in [7, 11) is 0. The van der Waals surface area contributed by atoms with E-state index in [4.69, 9.17) is 5.73 Å². The molecule has 0 aliphatic heterocycles. The highest BCUT2D eigenvalue weighted by atomic mass is 32.1. The molecule has 3 nitrogen and oxygen atoms in total. The van der Waals surface area contributed by atoms with Crippen LogP contribution in [0, 0.1) is 6.92 Å². The number of hydrogen-bond acceptors (Lipinski definition) is 4. The predicted octanol–water partition coefficient (Wildman–Crippen LogP) is 2.20. The summed E-state index contributed by atoms with van der Waals surface area (Å²) < 4.78 is 0. The van der Waals surface area contributed by atoms with Crippen LogP contribution in [0.2, 0.25) is 0 Å². The van der Waals surface area contributed by atoms with E-state index in [1.807, 2.05) is 6.92 Å². The maximum absolute atomic E-state index is 6.29. The summed E-state index contributed by atoms with van der Waals surface area (Å²) in [5.74, 6) is 0. The molecule has 1 aliphatic carbocycles. The lowest BCUT2D eigenvalue weighted by Gasteiger charge is -2.23. The van der Waals surface area contributed by atoms with E-state index in [0.717, 1.165) is 30.2 Å². The molecule has 1 fully saturated rings. The third-order valence-corrected chi connectivity index (χ3v) is 4.19. The van der Waals surface area contributed by atoms with Crippen LogP contribution in [0.3, 0.4) is 0 Å². The quantitative estimate of drug-likeness (QED) is 0.775. The monoisotopic (exact) mass is 239 g/mol. The van der Waals surface area contributed by atoms with Crippen molar-refractivity contribution in [2.75, 3.05) is 6.54 Å². The predicted molar refractivity (Wildman–Crippen MR) is 68.6 cm³/mol. The number of thiazole rings is 1. The number of hydrogen-bond donors (Lipinski definition) is 2. The fourth-order valence-electron chi connectivity index (χ4n) is 2.37. The summed E-state index contributed by atoms with van der Waals surface area (Å²) in [5, 5.41) is 6.69. The third-order valence-electron chi connectivity index (χ3n) is 3.37. The van der Waals surface area contributed by atoms with Gasteiger partial charge in [0.25, 0.3) is 0 Å². The molecule has 3 N–H and O–H groups in total. The molecule has 4 heteroatoms. The molecule has 2 rings (SSSR count). The van der Waals surface area contributed by atoms with Crippen LogP contribution in [0.25, 0.3) is 0 Å². The fraction of sp³-hybridized carbons (Fsp3) is 0.750. The number of nitrogens with zero attached hydrogens (tertiary/aromatic N) is 1. The van der Waals surface area contributed by atoms with Crippen LogP contribution in [0.15, 0.2) is 5.38 Å². The first-order valence-corrected chi connectivity index (χ1v) is 6.97. The van der Waals surface area contributed by atoms with Gasteiger partial charge in [-0.15, -0.1) is 11.3 Å². The van der Waals surface area contributed by atoms with E-state index in [-0.39, 0.29) is 5.54 Å². The second kappa shape index (κ2) is 5.25. The molecule has 1 aromatic heterocycles. The lowest BCUT2D eigenvalue weighted by Crippen LogP contribution is -2.39. The van der Waals surface area contributed by atoms with Gasteiger partial charge in [-0.3, -0.25) is 0 Å². The lowest BCUT2D eigenvalue weighted by atomic mass is 9.95. The molecule has 0 radical (unpaired) electrons. The normalized spacial score (nSPS) is 19.1. The number of rotatable bonds is 5. The van der Waals surface area contributed by atoms with Crippen LogP contribution in [0.1, 0.15) is 42.8 Å². The van der Waals surface area contributed by atoms with Crippen molar-refractivity contribution in [3.05, 3.63) is 16.1 Å². The van der Waals surface area contributed by atoms with Crippen molar-refractivity contribution in [3.8, 4) is 0 Å². The van der Waals surface area contributed by atoms with Gasteiger partial charge in [0, 0.05) is 17.5 Å². The largest absolute Gasteiger partial charge is 0.325 e. The van der Waals surface area contributed by atoms with Gasteiger partial charge in [-0.05, 0) is 32.7 Å². The number of nitrogens with one attached hydrogen (secondary N) is 1. The van der Waals surface area contributed by atoms with Crippen molar-refractivity contribution in [3.63, 3.8) is 0 Å². The molecule has 0 spiro atoms. The molecule has 16 heavy (non-hydrogen) atoms. The van der Waals surface area contributed by atoms with E-state index in [9.17, 15) is 0 Å². The second-order valence-corrected chi connectivity index (χ2v) is 5.92. The summed E-state index contributed by atoms with van der Waals surface area (Å²) in [4.78, 5) is 4.42. The Balaban J connectivity index is 1.65. The average Bonchev–Trinajstić information content (AvgIpc) is 2.84. The number of nitrogens with two attached hydrogens (primary N) is 1. The van der Waals surface area contributed by atoms with E-state index in [2.05, 4.69) is 15.7 Å². The standard InChI is InChI=1S/C12H21N3S/c1-10-15-11(9-16-10)8-14-7-6-12(13)4-2-3-5-12/h9,14H,2-8,13H2,1H3. The van der Waals surface area contributed by atoms with Crippen molar-refractivity contribution < 1.29 is 0 Å². The van der Waals surface area contributed by atoms with E-state index < -0.39 is 0 Å². The van der Waals surface area contributed by atoms with Gasteiger partial charge in [0.05, 0.1) is 10.7 Å². The summed E-state index contributed by atoms with van der Waals surface area (Å²) in [6, 6.07) is 0. The van der Waals surface area contributed by atoms with Gasteiger partial charge < -0.3 is 11.1 Å². The van der Waals surface area contributed by atoms with Crippen LogP contribution < -0.4 is 11.1 Å². The molecule has 0 atom stereocenters. The highest BCUT2D eigenvalue weighted by Gasteiger charge is 2.28. The van der Waals surface area contributed by atoms with Crippen LogP contribution in [0.4, 0.5) is 0 Å². The van der Waals surface area contributed by atoms with Gasteiger partial charge >= 0.3 is 0 Å². The molecule has 1 aromatic rings. The molecule has 1 heterocycles. The second-order valence-electron chi connectivity index (χ2n) is 4.85. The summed E-state index contributed by atoms with van der Waals surface area (Å²) in [5.41, 5.74) is 7.56. The minimum Gasteiger partial charge on any atom is -0.325 e. The van der Waals surface area contributed by atoms with Crippen LogP contribution in [-0.2, 0) is 6.54 Å². The van der Waals surface area contributed by atoms with E-state index in [0.29, 0.717) is 0 Å². The van der Waals surface area contributed by atoms with Gasteiger partial charge in [0.1, 0.15) is 0 Å². The first-order chi connectivity index (χ1) is 7.68. The SMILES string of the molecule is Cc1nc(CNCCC2(N)CCCC2)cs1. The van der Waals surface area contributed by atoms with E-state index >= 15 is 0 Å². The Morgan fingerprint density at radius 1 is 1.50 bits per heavy atom. The topological polar surface area (TPSA) is 50.9 Å². The molecule has 0 aromatic carbocycles.